The van der Waals surface area contributed by atoms with Crippen molar-refractivity contribution in [2.75, 3.05) is 19.7 Å². The van der Waals surface area contributed by atoms with Gasteiger partial charge in [0.25, 0.3) is 5.91 Å². The van der Waals surface area contributed by atoms with Crippen LogP contribution in [0.3, 0.4) is 0 Å². The SMILES string of the molecule is CC(=O)OCC(=O)N1CCCC(Oc2ncc(F)cn2)C1. The molecule has 0 spiro atoms. The lowest BCUT2D eigenvalue weighted by Gasteiger charge is -2.32. The summed E-state index contributed by atoms with van der Waals surface area (Å²) in [6.45, 7) is 1.93. The highest BCUT2D eigenvalue weighted by molar-refractivity contribution is 5.80. The number of rotatable bonds is 4. The molecule has 1 aromatic heterocycles. The number of carbonyl (C=O) groups is 2. The standard InChI is InChI=1S/C13H16FN3O4/c1-9(18)20-8-12(19)17-4-2-3-11(7-17)21-13-15-5-10(14)6-16-13/h5-6,11H,2-4,7-8H2,1H3. The average Bonchev–Trinajstić information content (AvgIpc) is 2.47. The molecule has 0 bridgehead atoms. The fourth-order valence-corrected chi connectivity index (χ4v) is 2.03. The maximum absolute atomic E-state index is 12.7. The first-order valence-corrected chi connectivity index (χ1v) is 6.60. The van der Waals surface area contributed by atoms with Gasteiger partial charge in [0.15, 0.2) is 12.4 Å². The molecule has 21 heavy (non-hydrogen) atoms. The van der Waals surface area contributed by atoms with Crippen molar-refractivity contribution in [3.05, 3.63) is 18.2 Å². The van der Waals surface area contributed by atoms with Gasteiger partial charge >= 0.3 is 12.0 Å². The van der Waals surface area contributed by atoms with Gasteiger partial charge in [-0.3, -0.25) is 9.59 Å². The van der Waals surface area contributed by atoms with Crippen LogP contribution in [0.15, 0.2) is 12.4 Å². The van der Waals surface area contributed by atoms with E-state index in [2.05, 4.69) is 14.7 Å². The normalized spacial score (nSPS) is 18.2. The third-order valence-electron chi connectivity index (χ3n) is 3.00. The summed E-state index contributed by atoms with van der Waals surface area (Å²) in [7, 11) is 0. The van der Waals surface area contributed by atoms with E-state index >= 15 is 0 Å². The van der Waals surface area contributed by atoms with Crippen molar-refractivity contribution in [1.82, 2.24) is 14.9 Å². The van der Waals surface area contributed by atoms with Gasteiger partial charge in [-0.2, -0.15) is 0 Å². The van der Waals surface area contributed by atoms with E-state index in [9.17, 15) is 14.0 Å². The smallest absolute Gasteiger partial charge is 0.316 e. The summed E-state index contributed by atoms with van der Waals surface area (Å²) in [5, 5.41) is 0. The lowest BCUT2D eigenvalue weighted by molar-refractivity contribution is -0.151. The van der Waals surface area contributed by atoms with Crippen LogP contribution in [-0.2, 0) is 14.3 Å². The van der Waals surface area contributed by atoms with E-state index in [1.807, 2.05) is 0 Å². The van der Waals surface area contributed by atoms with Crippen molar-refractivity contribution in [2.24, 2.45) is 0 Å². The number of ether oxygens (including phenoxy) is 2. The average molecular weight is 297 g/mol. The van der Waals surface area contributed by atoms with Crippen LogP contribution < -0.4 is 4.74 Å². The van der Waals surface area contributed by atoms with Crippen LogP contribution in [0, 0.1) is 5.82 Å². The maximum Gasteiger partial charge on any atom is 0.316 e. The Morgan fingerprint density at radius 1 is 1.43 bits per heavy atom. The molecule has 114 valence electrons. The number of esters is 1. The molecule has 1 aromatic rings. The molecule has 1 unspecified atom stereocenters. The molecule has 1 aliphatic heterocycles. The number of carbonyl (C=O) groups excluding carboxylic acids is 2. The van der Waals surface area contributed by atoms with Gasteiger partial charge in [-0.25, -0.2) is 14.4 Å². The Hall–Kier alpha value is -2.25. The number of piperidine rings is 1. The number of halogens is 1. The van der Waals surface area contributed by atoms with E-state index < -0.39 is 11.8 Å². The summed E-state index contributed by atoms with van der Waals surface area (Å²) >= 11 is 0. The number of hydrogen-bond donors (Lipinski definition) is 0. The molecule has 1 fully saturated rings. The van der Waals surface area contributed by atoms with Crippen molar-refractivity contribution >= 4 is 11.9 Å². The van der Waals surface area contributed by atoms with Gasteiger partial charge in [0.1, 0.15) is 6.10 Å². The Kier molecular flexibility index (Phi) is 5.02. The number of likely N-dealkylation sites (tertiary alicyclic amines) is 1. The van der Waals surface area contributed by atoms with Gasteiger partial charge in [-0.15, -0.1) is 0 Å². The molecule has 1 atom stereocenters. The monoisotopic (exact) mass is 297 g/mol. The minimum atomic E-state index is -0.538. The molecule has 0 saturated carbocycles. The van der Waals surface area contributed by atoms with Crippen LogP contribution in [0.4, 0.5) is 4.39 Å². The molecular weight excluding hydrogens is 281 g/mol. The van der Waals surface area contributed by atoms with Crippen LogP contribution in [0.1, 0.15) is 19.8 Å². The maximum atomic E-state index is 12.7. The molecule has 0 aliphatic carbocycles. The van der Waals surface area contributed by atoms with Crippen molar-refractivity contribution in [2.45, 2.75) is 25.9 Å². The molecule has 0 radical (unpaired) electrons. The first-order chi connectivity index (χ1) is 10.0. The zero-order valence-corrected chi connectivity index (χ0v) is 11.6. The lowest BCUT2D eigenvalue weighted by Crippen LogP contribution is -2.46. The van der Waals surface area contributed by atoms with Crippen LogP contribution in [0.25, 0.3) is 0 Å². The summed E-state index contributed by atoms with van der Waals surface area (Å²) < 4.78 is 22.9. The van der Waals surface area contributed by atoms with E-state index in [1.165, 1.54) is 6.92 Å². The Labute approximate surface area is 121 Å². The Morgan fingerprint density at radius 2 is 2.14 bits per heavy atom. The minimum absolute atomic E-state index is 0.0793. The molecule has 2 rings (SSSR count). The summed E-state index contributed by atoms with van der Waals surface area (Å²) in [5.41, 5.74) is 0. The topological polar surface area (TPSA) is 81.6 Å². The van der Waals surface area contributed by atoms with E-state index in [1.54, 1.807) is 4.90 Å². The largest absolute Gasteiger partial charge is 0.458 e. The highest BCUT2D eigenvalue weighted by Gasteiger charge is 2.25. The fraction of sp³-hybridized carbons (Fsp3) is 0.538. The second kappa shape index (κ2) is 6.96. The third kappa shape index (κ3) is 4.66. The summed E-state index contributed by atoms with van der Waals surface area (Å²) in [5.74, 6) is -1.30. The molecule has 1 aliphatic rings. The van der Waals surface area contributed by atoms with Crippen LogP contribution in [0.2, 0.25) is 0 Å². The number of aromatic nitrogens is 2. The van der Waals surface area contributed by atoms with Gasteiger partial charge < -0.3 is 14.4 Å². The van der Waals surface area contributed by atoms with E-state index in [0.29, 0.717) is 13.1 Å². The second-order valence-corrected chi connectivity index (χ2v) is 4.69. The zero-order chi connectivity index (χ0) is 15.2. The van der Waals surface area contributed by atoms with Gasteiger partial charge in [-0.1, -0.05) is 0 Å². The van der Waals surface area contributed by atoms with Crippen LogP contribution in [-0.4, -0.2) is 52.5 Å². The van der Waals surface area contributed by atoms with Crippen molar-refractivity contribution < 1.29 is 23.5 Å². The molecule has 8 heteroatoms. The molecular formula is C13H16FN3O4. The first kappa shape index (κ1) is 15.1. The second-order valence-electron chi connectivity index (χ2n) is 4.69. The molecule has 1 saturated heterocycles. The van der Waals surface area contributed by atoms with E-state index in [0.717, 1.165) is 25.2 Å². The van der Waals surface area contributed by atoms with E-state index in [-0.39, 0.29) is 24.6 Å². The number of hydrogen-bond acceptors (Lipinski definition) is 6. The van der Waals surface area contributed by atoms with Gasteiger partial charge in [0.2, 0.25) is 0 Å². The molecule has 0 aromatic carbocycles. The molecule has 2 heterocycles. The zero-order valence-electron chi connectivity index (χ0n) is 11.6. The van der Waals surface area contributed by atoms with Crippen LogP contribution in [0.5, 0.6) is 6.01 Å². The van der Waals surface area contributed by atoms with Gasteiger partial charge in [0, 0.05) is 13.5 Å². The predicted octanol–water partition coefficient (Wildman–Crippen LogP) is 0.549. The first-order valence-electron chi connectivity index (χ1n) is 6.60. The van der Waals surface area contributed by atoms with Gasteiger partial charge in [-0.05, 0) is 12.8 Å². The summed E-state index contributed by atoms with van der Waals surface area (Å²) in [4.78, 5) is 31.6. The Balaban J connectivity index is 1.86. The molecule has 1 amide bonds. The van der Waals surface area contributed by atoms with Crippen molar-refractivity contribution in [3.63, 3.8) is 0 Å². The van der Waals surface area contributed by atoms with Crippen molar-refractivity contribution in [1.29, 1.82) is 0 Å². The lowest BCUT2D eigenvalue weighted by atomic mass is 10.1. The Morgan fingerprint density at radius 3 is 2.81 bits per heavy atom. The minimum Gasteiger partial charge on any atom is -0.458 e. The quantitative estimate of drug-likeness (QED) is 0.755. The summed E-state index contributed by atoms with van der Waals surface area (Å²) in [6, 6.07) is 0.0793. The highest BCUT2D eigenvalue weighted by Crippen LogP contribution is 2.15. The number of nitrogens with zero attached hydrogens (tertiary/aromatic N) is 3. The fourth-order valence-electron chi connectivity index (χ4n) is 2.03. The molecule has 0 N–H and O–H groups in total. The number of amides is 1. The van der Waals surface area contributed by atoms with Gasteiger partial charge in [0.05, 0.1) is 18.9 Å². The molecule has 7 nitrogen and oxygen atoms in total. The van der Waals surface area contributed by atoms with E-state index in [4.69, 9.17) is 4.74 Å². The predicted molar refractivity (Wildman–Crippen MR) is 68.9 cm³/mol. The Bertz CT molecular complexity index is 509. The van der Waals surface area contributed by atoms with Crippen molar-refractivity contribution in [3.8, 4) is 6.01 Å². The summed E-state index contributed by atoms with van der Waals surface area (Å²) in [6.07, 6.45) is 3.30. The van der Waals surface area contributed by atoms with Crippen LogP contribution >= 0.6 is 0 Å². The third-order valence-corrected chi connectivity index (χ3v) is 3.00. The highest BCUT2D eigenvalue weighted by atomic mass is 19.1.